The van der Waals surface area contributed by atoms with Gasteiger partial charge < -0.3 is 4.74 Å². The number of benzene rings is 1. The van der Waals surface area contributed by atoms with Crippen LogP contribution in [0.3, 0.4) is 0 Å². The van der Waals surface area contributed by atoms with E-state index in [1.165, 1.54) is 7.11 Å². The largest absolute Gasteiger partial charge is 0.469 e. The van der Waals surface area contributed by atoms with Crippen LogP contribution in [0.25, 0.3) is 17.0 Å². The van der Waals surface area contributed by atoms with Gasteiger partial charge in [-0.3, -0.25) is 9.89 Å². The van der Waals surface area contributed by atoms with E-state index in [2.05, 4.69) is 40.7 Å². The number of rotatable bonds is 3. The van der Waals surface area contributed by atoms with Gasteiger partial charge in [0.05, 0.1) is 19.2 Å². The summed E-state index contributed by atoms with van der Waals surface area (Å²) in [4.78, 5) is 15.8. The summed E-state index contributed by atoms with van der Waals surface area (Å²) in [6, 6.07) is 7.49. The Labute approximate surface area is 144 Å². The molecular formula is C17H19ClN4O2. The molecule has 6 nitrogen and oxygen atoms in total. The van der Waals surface area contributed by atoms with Gasteiger partial charge in [-0.15, -0.1) is 5.10 Å². The summed E-state index contributed by atoms with van der Waals surface area (Å²) in [6.07, 6.45) is 0.245. The molecule has 7 heteroatoms. The molecule has 24 heavy (non-hydrogen) atoms. The smallest absolute Gasteiger partial charge is 0.309 e. The van der Waals surface area contributed by atoms with Crippen LogP contribution in [0.5, 0.6) is 0 Å². The molecule has 126 valence electrons. The van der Waals surface area contributed by atoms with E-state index in [0.717, 1.165) is 16.8 Å². The SMILES string of the molecule is COC(=O)Cc1ccc(-c2nc3c(Cl)c(C(C)(C)C)[nH]n3n2)cc1. The molecular weight excluding hydrogens is 328 g/mol. The average Bonchev–Trinajstić information content (AvgIpc) is 3.07. The summed E-state index contributed by atoms with van der Waals surface area (Å²) in [6.45, 7) is 6.22. The number of methoxy groups -OCH3 is 1. The first-order valence-corrected chi connectivity index (χ1v) is 7.98. The molecule has 0 radical (unpaired) electrons. The lowest BCUT2D eigenvalue weighted by Gasteiger charge is -2.16. The molecule has 1 N–H and O–H groups in total. The van der Waals surface area contributed by atoms with Crippen LogP contribution in [0, 0.1) is 0 Å². The quantitative estimate of drug-likeness (QED) is 0.738. The predicted octanol–water partition coefficient (Wildman–Crippen LogP) is 3.39. The summed E-state index contributed by atoms with van der Waals surface area (Å²) in [7, 11) is 1.38. The highest BCUT2D eigenvalue weighted by Crippen LogP contribution is 2.31. The van der Waals surface area contributed by atoms with Crippen molar-refractivity contribution in [3.63, 3.8) is 0 Å². The number of aromatic nitrogens is 4. The summed E-state index contributed by atoms with van der Waals surface area (Å²) < 4.78 is 6.26. The number of hydrogen-bond donors (Lipinski definition) is 1. The molecule has 2 aromatic heterocycles. The van der Waals surface area contributed by atoms with E-state index in [9.17, 15) is 4.79 Å². The molecule has 0 aliphatic carbocycles. The number of nitrogens with zero attached hydrogens (tertiary/aromatic N) is 3. The van der Waals surface area contributed by atoms with E-state index in [-0.39, 0.29) is 17.8 Å². The van der Waals surface area contributed by atoms with Gasteiger partial charge in [-0.05, 0) is 5.56 Å². The summed E-state index contributed by atoms with van der Waals surface area (Å²) in [5.41, 5.74) is 3.13. The topological polar surface area (TPSA) is 72.3 Å². The standard InChI is InChI=1S/C17H19ClN4O2/c1-17(2,3)14-13(18)16-19-15(21-22(16)20-14)11-7-5-10(6-8-11)9-12(23)24-4/h5-8,20H,9H2,1-4H3. The van der Waals surface area contributed by atoms with E-state index in [0.29, 0.717) is 16.5 Å². The molecule has 3 rings (SSSR count). The average molecular weight is 347 g/mol. The van der Waals surface area contributed by atoms with Crippen molar-refractivity contribution in [1.82, 2.24) is 19.8 Å². The molecule has 0 spiro atoms. The van der Waals surface area contributed by atoms with Gasteiger partial charge in [-0.1, -0.05) is 56.6 Å². The molecule has 0 saturated carbocycles. The molecule has 0 fully saturated rings. The van der Waals surface area contributed by atoms with Crippen molar-refractivity contribution in [3.05, 3.63) is 40.5 Å². The molecule has 0 amide bonds. The zero-order valence-electron chi connectivity index (χ0n) is 14.1. The van der Waals surface area contributed by atoms with Crippen LogP contribution < -0.4 is 0 Å². The van der Waals surface area contributed by atoms with Gasteiger partial charge in [-0.2, -0.15) is 4.63 Å². The maximum absolute atomic E-state index is 11.3. The van der Waals surface area contributed by atoms with Crippen LogP contribution >= 0.6 is 11.6 Å². The summed E-state index contributed by atoms with van der Waals surface area (Å²) >= 11 is 6.44. The lowest BCUT2D eigenvalue weighted by Crippen LogP contribution is -2.12. The van der Waals surface area contributed by atoms with Gasteiger partial charge in [0.25, 0.3) is 0 Å². The number of halogens is 1. The van der Waals surface area contributed by atoms with Gasteiger partial charge in [0, 0.05) is 11.0 Å². The number of esters is 1. The molecule has 1 aromatic carbocycles. The van der Waals surface area contributed by atoms with E-state index in [1.54, 1.807) is 4.63 Å². The molecule has 0 saturated heterocycles. The van der Waals surface area contributed by atoms with Crippen molar-refractivity contribution in [2.24, 2.45) is 0 Å². The second-order valence-corrected chi connectivity index (χ2v) is 7.05. The minimum atomic E-state index is -0.266. The number of carbonyl (C=O) groups excluding carboxylic acids is 1. The van der Waals surface area contributed by atoms with Crippen molar-refractivity contribution < 1.29 is 9.53 Å². The van der Waals surface area contributed by atoms with Crippen LogP contribution in [0.15, 0.2) is 24.3 Å². The van der Waals surface area contributed by atoms with Crippen LogP contribution in [-0.2, 0) is 21.4 Å². The first-order valence-electron chi connectivity index (χ1n) is 7.60. The second-order valence-electron chi connectivity index (χ2n) is 6.67. The van der Waals surface area contributed by atoms with E-state index in [1.807, 2.05) is 24.3 Å². The van der Waals surface area contributed by atoms with E-state index < -0.39 is 0 Å². The maximum Gasteiger partial charge on any atom is 0.309 e. The molecule has 2 heterocycles. The zero-order chi connectivity index (χ0) is 17.5. The Morgan fingerprint density at radius 1 is 1.29 bits per heavy atom. The summed E-state index contributed by atoms with van der Waals surface area (Å²) in [5.74, 6) is 0.311. The van der Waals surface area contributed by atoms with Gasteiger partial charge in [0.2, 0.25) is 0 Å². The Kier molecular flexibility index (Phi) is 4.09. The van der Waals surface area contributed by atoms with Crippen molar-refractivity contribution in [3.8, 4) is 11.4 Å². The third-order valence-electron chi connectivity index (χ3n) is 3.78. The number of aromatic amines is 1. The van der Waals surface area contributed by atoms with E-state index >= 15 is 0 Å². The minimum absolute atomic E-state index is 0.116. The molecule has 0 aliphatic heterocycles. The summed E-state index contributed by atoms with van der Waals surface area (Å²) in [5, 5.41) is 8.23. The molecule has 0 unspecified atom stereocenters. The van der Waals surface area contributed by atoms with Gasteiger partial charge in [-0.25, -0.2) is 4.98 Å². The first kappa shape index (κ1) is 16.5. The van der Waals surface area contributed by atoms with Crippen LogP contribution in [-0.4, -0.2) is 32.9 Å². The van der Waals surface area contributed by atoms with Crippen LogP contribution in [0.1, 0.15) is 32.0 Å². The number of H-pyrrole nitrogens is 1. The molecule has 3 aromatic rings. The van der Waals surface area contributed by atoms with Crippen molar-refractivity contribution in [2.45, 2.75) is 32.6 Å². The maximum atomic E-state index is 11.3. The zero-order valence-corrected chi connectivity index (χ0v) is 14.8. The fraction of sp³-hybridized carbons (Fsp3) is 0.353. The van der Waals surface area contributed by atoms with Gasteiger partial charge in [0.1, 0.15) is 5.02 Å². The Balaban J connectivity index is 1.91. The van der Waals surface area contributed by atoms with Crippen molar-refractivity contribution in [2.75, 3.05) is 7.11 Å². The Morgan fingerprint density at radius 3 is 2.50 bits per heavy atom. The van der Waals surface area contributed by atoms with Crippen molar-refractivity contribution >= 4 is 23.2 Å². The Hall–Kier alpha value is -2.34. The number of ether oxygens (including phenoxy) is 1. The highest BCUT2D eigenvalue weighted by molar-refractivity contribution is 6.34. The highest BCUT2D eigenvalue weighted by atomic mass is 35.5. The number of hydrogen-bond acceptors (Lipinski definition) is 4. The first-order chi connectivity index (χ1) is 11.3. The monoisotopic (exact) mass is 346 g/mol. The van der Waals surface area contributed by atoms with Crippen LogP contribution in [0.4, 0.5) is 0 Å². The third-order valence-corrected chi connectivity index (χ3v) is 4.14. The predicted molar refractivity (Wildman–Crippen MR) is 92.2 cm³/mol. The van der Waals surface area contributed by atoms with Crippen LogP contribution in [0.2, 0.25) is 5.02 Å². The second kappa shape index (κ2) is 5.94. The minimum Gasteiger partial charge on any atom is -0.469 e. The number of fused-ring (bicyclic) bond motifs is 1. The lowest BCUT2D eigenvalue weighted by molar-refractivity contribution is -0.139. The van der Waals surface area contributed by atoms with Gasteiger partial charge >= 0.3 is 5.97 Å². The molecule has 0 aliphatic rings. The fourth-order valence-electron chi connectivity index (χ4n) is 2.43. The van der Waals surface area contributed by atoms with Crippen molar-refractivity contribution in [1.29, 1.82) is 0 Å². The molecule has 0 bridgehead atoms. The lowest BCUT2D eigenvalue weighted by atomic mass is 9.92. The fourth-order valence-corrected chi connectivity index (χ4v) is 2.88. The third kappa shape index (κ3) is 3.01. The normalized spacial score (nSPS) is 11.9. The van der Waals surface area contributed by atoms with E-state index in [4.69, 9.17) is 11.6 Å². The Bertz CT molecular complexity index is 888. The van der Waals surface area contributed by atoms with Gasteiger partial charge in [0.15, 0.2) is 11.5 Å². The Morgan fingerprint density at radius 2 is 1.96 bits per heavy atom. The molecule has 0 atom stereocenters. The highest BCUT2D eigenvalue weighted by Gasteiger charge is 2.24. The number of carbonyl (C=O) groups is 1. The number of nitrogens with one attached hydrogen (secondary N) is 1.